The van der Waals surface area contributed by atoms with Crippen LogP contribution in [-0.4, -0.2) is 35.3 Å². The van der Waals surface area contributed by atoms with Gasteiger partial charge < -0.3 is 19.3 Å². The highest BCUT2D eigenvalue weighted by molar-refractivity contribution is 6.04. The van der Waals surface area contributed by atoms with Crippen molar-refractivity contribution in [2.24, 2.45) is 11.3 Å². The quantitative estimate of drug-likeness (QED) is 0.862. The first-order valence-electron chi connectivity index (χ1n) is 8.39. The molecule has 5 heteroatoms. The van der Waals surface area contributed by atoms with Gasteiger partial charge in [-0.3, -0.25) is 4.79 Å². The van der Waals surface area contributed by atoms with E-state index in [1.807, 2.05) is 34.6 Å². The maximum Gasteiger partial charge on any atom is 0.210 e. The standard InChI is InChI=1S/C18H26O5/c1-10(2)22-14-15(19)17(5)8-12-6-7-21-9-13(12)18(17,20)16(14)23-11(3)4/h9-12,20H,6-8H2,1-5H3/t12-,17-,18-/m1/s1. The summed E-state index contributed by atoms with van der Waals surface area (Å²) < 4.78 is 17.1. The summed E-state index contributed by atoms with van der Waals surface area (Å²) in [5.41, 5.74) is -1.67. The predicted molar refractivity (Wildman–Crippen MR) is 84.3 cm³/mol. The molecule has 0 aromatic heterocycles. The predicted octanol–water partition coefficient (Wildman–Crippen LogP) is 2.69. The lowest BCUT2D eigenvalue weighted by Gasteiger charge is -2.34. The van der Waals surface area contributed by atoms with Gasteiger partial charge in [0.2, 0.25) is 11.5 Å². The number of aliphatic hydroxyl groups is 1. The summed E-state index contributed by atoms with van der Waals surface area (Å²) in [5.74, 6) is 0.408. The van der Waals surface area contributed by atoms with Gasteiger partial charge in [0.25, 0.3) is 0 Å². The third-order valence-corrected chi connectivity index (χ3v) is 5.05. The second kappa shape index (κ2) is 5.26. The van der Waals surface area contributed by atoms with E-state index in [1.54, 1.807) is 6.26 Å². The first-order valence-corrected chi connectivity index (χ1v) is 8.39. The van der Waals surface area contributed by atoms with E-state index in [9.17, 15) is 9.90 Å². The molecule has 0 saturated heterocycles. The van der Waals surface area contributed by atoms with Crippen LogP contribution in [-0.2, 0) is 19.0 Å². The Morgan fingerprint density at radius 1 is 1.26 bits per heavy atom. The maximum absolute atomic E-state index is 13.1. The molecule has 3 rings (SSSR count). The number of fused-ring (bicyclic) bond motifs is 3. The number of hydrogen-bond acceptors (Lipinski definition) is 5. The highest BCUT2D eigenvalue weighted by Crippen LogP contribution is 2.63. The molecule has 0 bridgehead atoms. The summed E-state index contributed by atoms with van der Waals surface area (Å²) in [6.45, 7) is 9.91. The molecular weight excluding hydrogens is 296 g/mol. The van der Waals surface area contributed by atoms with Gasteiger partial charge in [0.05, 0.1) is 30.5 Å². The molecule has 0 amide bonds. The first kappa shape index (κ1) is 16.4. The van der Waals surface area contributed by atoms with Gasteiger partial charge in [-0.1, -0.05) is 0 Å². The first-order chi connectivity index (χ1) is 10.7. The summed E-state index contributed by atoms with van der Waals surface area (Å²) in [6, 6.07) is 0. The summed E-state index contributed by atoms with van der Waals surface area (Å²) in [6.07, 6.45) is 2.69. The van der Waals surface area contributed by atoms with Crippen molar-refractivity contribution in [1.29, 1.82) is 0 Å². The van der Waals surface area contributed by atoms with Gasteiger partial charge in [-0.15, -0.1) is 0 Å². The lowest BCUT2D eigenvalue weighted by Crippen LogP contribution is -2.45. The molecule has 0 unspecified atom stereocenters. The van der Waals surface area contributed by atoms with Gasteiger partial charge >= 0.3 is 0 Å². The third-order valence-electron chi connectivity index (χ3n) is 5.05. The average Bonchev–Trinajstić information content (AvgIpc) is 2.78. The van der Waals surface area contributed by atoms with E-state index >= 15 is 0 Å². The summed E-state index contributed by atoms with van der Waals surface area (Å²) in [5, 5.41) is 11.6. The second-order valence-corrected chi connectivity index (χ2v) is 7.50. The van der Waals surface area contributed by atoms with E-state index in [2.05, 4.69) is 0 Å². The minimum atomic E-state index is -1.47. The number of rotatable bonds is 4. The molecule has 128 valence electrons. The van der Waals surface area contributed by atoms with Crippen LogP contribution in [0, 0.1) is 11.3 Å². The Hall–Kier alpha value is -1.49. The largest absolute Gasteiger partial charge is 0.501 e. The average molecular weight is 322 g/mol. The number of ether oxygens (including phenoxy) is 3. The minimum absolute atomic E-state index is 0.147. The van der Waals surface area contributed by atoms with Gasteiger partial charge in [0, 0.05) is 5.57 Å². The zero-order chi connectivity index (χ0) is 17.0. The Morgan fingerprint density at radius 2 is 1.91 bits per heavy atom. The number of carbonyl (C=O) groups is 1. The fourth-order valence-corrected chi connectivity index (χ4v) is 4.04. The molecule has 1 fully saturated rings. The molecule has 0 aromatic rings. The summed E-state index contributed by atoms with van der Waals surface area (Å²) in [7, 11) is 0. The van der Waals surface area contributed by atoms with Crippen LogP contribution in [0.5, 0.6) is 0 Å². The van der Waals surface area contributed by atoms with Gasteiger partial charge in [-0.2, -0.15) is 0 Å². The normalized spacial score (nSPS) is 36.1. The van der Waals surface area contributed by atoms with Crippen molar-refractivity contribution >= 4 is 5.78 Å². The van der Waals surface area contributed by atoms with E-state index in [4.69, 9.17) is 14.2 Å². The molecule has 0 radical (unpaired) electrons. The highest BCUT2D eigenvalue weighted by Gasteiger charge is 2.71. The Balaban J connectivity index is 2.16. The molecule has 23 heavy (non-hydrogen) atoms. The number of carbonyl (C=O) groups excluding carboxylic acids is 1. The van der Waals surface area contributed by atoms with Gasteiger partial charge in [0.1, 0.15) is 0 Å². The number of allylic oxidation sites excluding steroid dienone is 1. The molecule has 1 saturated carbocycles. The molecule has 1 aliphatic heterocycles. The highest BCUT2D eigenvalue weighted by atomic mass is 16.5. The van der Waals surface area contributed by atoms with E-state index in [1.165, 1.54) is 0 Å². The molecule has 1 heterocycles. The van der Waals surface area contributed by atoms with Crippen molar-refractivity contribution in [3.05, 3.63) is 23.4 Å². The topological polar surface area (TPSA) is 65.0 Å². The van der Waals surface area contributed by atoms with Crippen molar-refractivity contribution in [2.45, 2.75) is 65.3 Å². The van der Waals surface area contributed by atoms with Crippen molar-refractivity contribution in [1.82, 2.24) is 0 Å². The summed E-state index contributed by atoms with van der Waals surface area (Å²) in [4.78, 5) is 13.1. The molecule has 0 aromatic carbocycles. The molecule has 2 aliphatic carbocycles. The van der Waals surface area contributed by atoms with Gasteiger partial charge in [-0.05, 0) is 53.4 Å². The van der Waals surface area contributed by atoms with Crippen LogP contribution in [0.25, 0.3) is 0 Å². The van der Waals surface area contributed by atoms with Gasteiger partial charge in [-0.25, -0.2) is 0 Å². The number of Topliss-reactive ketones (excluding diaryl/α,β-unsaturated/α-hetero) is 1. The van der Waals surface area contributed by atoms with Crippen LogP contribution in [0.4, 0.5) is 0 Å². The SMILES string of the molecule is CC(C)OC1=C(OC(C)C)[C@]2(O)C3=COCC[C@@H]3C[C@]2(C)C1=O. The fraction of sp³-hybridized carbons (Fsp3) is 0.722. The second-order valence-electron chi connectivity index (χ2n) is 7.50. The van der Waals surface area contributed by atoms with Crippen LogP contribution in [0.3, 0.4) is 0 Å². The molecule has 5 nitrogen and oxygen atoms in total. The Kier molecular flexibility index (Phi) is 3.75. The minimum Gasteiger partial charge on any atom is -0.501 e. The van der Waals surface area contributed by atoms with Crippen LogP contribution in [0.2, 0.25) is 0 Å². The van der Waals surface area contributed by atoms with E-state index in [-0.39, 0.29) is 35.4 Å². The zero-order valence-corrected chi connectivity index (χ0v) is 14.5. The van der Waals surface area contributed by atoms with E-state index in [0.29, 0.717) is 13.0 Å². The summed E-state index contributed by atoms with van der Waals surface area (Å²) >= 11 is 0. The van der Waals surface area contributed by atoms with Crippen molar-refractivity contribution in [3.8, 4) is 0 Å². The van der Waals surface area contributed by atoms with E-state index in [0.717, 1.165) is 12.0 Å². The molecule has 3 atom stereocenters. The number of ketones is 1. The Bertz CT molecular complexity index is 588. The van der Waals surface area contributed by atoms with Crippen molar-refractivity contribution in [2.75, 3.05) is 6.61 Å². The molecular formula is C18H26O5. The molecule has 3 aliphatic rings. The fourth-order valence-electron chi connectivity index (χ4n) is 4.04. The smallest absolute Gasteiger partial charge is 0.210 e. The zero-order valence-electron chi connectivity index (χ0n) is 14.5. The number of hydrogen-bond donors (Lipinski definition) is 1. The van der Waals surface area contributed by atoms with Crippen LogP contribution in [0.15, 0.2) is 23.4 Å². The van der Waals surface area contributed by atoms with Crippen LogP contribution >= 0.6 is 0 Å². The Labute approximate surface area is 137 Å². The molecule has 1 N–H and O–H groups in total. The maximum atomic E-state index is 13.1. The van der Waals surface area contributed by atoms with Crippen LogP contribution in [0.1, 0.15) is 47.5 Å². The van der Waals surface area contributed by atoms with Crippen LogP contribution < -0.4 is 0 Å². The lowest BCUT2D eigenvalue weighted by atomic mass is 9.75. The molecule has 0 spiro atoms. The van der Waals surface area contributed by atoms with Crippen molar-refractivity contribution < 1.29 is 24.1 Å². The van der Waals surface area contributed by atoms with E-state index < -0.39 is 11.0 Å². The third kappa shape index (κ3) is 2.12. The Morgan fingerprint density at radius 3 is 2.52 bits per heavy atom. The lowest BCUT2D eigenvalue weighted by molar-refractivity contribution is -0.133. The van der Waals surface area contributed by atoms with Gasteiger partial charge in [0.15, 0.2) is 11.4 Å². The monoisotopic (exact) mass is 322 g/mol. The van der Waals surface area contributed by atoms with Crippen molar-refractivity contribution in [3.63, 3.8) is 0 Å².